The monoisotopic (exact) mass is 479 g/mol. The highest BCUT2D eigenvalue weighted by Crippen LogP contribution is 2.36. The molecule has 3 aliphatic rings. The molecule has 5 N–H and O–H groups in total. The van der Waals surface area contributed by atoms with E-state index in [1.165, 1.54) is 19.3 Å². The first-order valence-corrected chi connectivity index (χ1v) is 12.3. The third-order valence-electron chi connectivity index (χ3n) is 7.20. The van der Waals surface area contributed by atoms with Crippen LogP contribution in [0.15, 0.2) is 24.4 Å². The Hall–Kier alpha value is -3.04. The Bertz CT molecular complexity index is 1050. The number of hydrogen-bond donors (Lipinski definition) is 5. The summed E-state index contributed by atoms with van der Waals surface area (Å²) in [5.74, 6) is 1.72. The number of fused-ring (bicyclic) bond motifs is 2. The van der Waals surface area contributed by atoms with E-state index in [1.807, 2.05) is 12.1 Å². The van der Waals surface area contributed by atoms with Crippen molar-refractivity contribution in [2.45, 2.75) is 75.4 Å². The minimum absolute atomic E-state index is 0.0112. The highest BCUT2D eigenvalue weighted by atomic mass is 16.5. The molecule has 3 unspecified atom stereocenters. The Morgan fingerprint density at radius 2 is 2.00 bits per heavy atom. The topological polar surface area (TPSA) is 143 Å². The van der Waals surface area contributed by atoms with Crippen LogP contribution in [0.25, 0.3) is 0 Å². The van der Waals surface area contributed by atoms with Gasteiger partial charge in [0.25, 0.3) is 0 Å². The largest absolute Gasteiger partial charge is 0.481 e. The fourth-order valence-electron chi connectivity index (χ4n) is 5.56. The lowest BCUT2D eigenvalue weighted by molar-refractivity contribution is 0.0276. The van der Waals surface area contributed by atoms with Gasteiger partial charge in [-0.2, -0.15) is 15.2 Å². The molecule has 5 heterocycles. The molecule has 3 fully saturated rings. The molecule has 0 radical (unpaired) electrons. The summed E-state index contributed by atoms with van der Waals surface area (Å²) in [6.07, 6.45) is 8.04. The Balaban J connectivity index is 1.25. The van der Waals surface area contributed by atoms with Crippen molar-refractivity contribution < 1.29 is 9.84 Å². The summed E-state index contributed by atoms with van der Waals surface area (Å²) in [5, 5.41) is 25.5. The van der Waals surface area contributed by atoms with Crippen LogP contribution in [-0.4, -0.2) is 69.0 Å². The summed E-state index contributed by atoms with van der Waals surface area (Å²) in [4.78, 5) is 15.9. The zero-order chi connectivity index (χ0) is 24.2. The van der Waals surface area contributed by atoms with E-state index in [1.54, 1.807) is 19.4 Å². The van der Waals surface area contributed by atoms with E-state index in [-0.39, 0.29) is 24.9 Å². The summed E-state index contributed by atoms with van der Waals surface area (Å²) in [5.41, 5.74) is 7.81. The van der Waals surface area contributed by atoms with Crippen molar-refractivity contribution in [3.05, 3.63) is 35.7 Å². The van der Waals surface area contributed by atoms with Crippen LogP contribution in [0.1, 0.15) is 49.8 Å². The molecule has 11 nitrogen and oxygen atoms in total. The first-order chi connectivity index (χ1) is 17.1. The van der Waals surface area contributed by atoms with Gasteiger partial charge in [-0.1, -0.05) is 6.42 Å². The van der Waals surface area contributed by atoms with Crippen LogP contribution in [-0.2, 0) is 6.54 Å². The Kier molecular flexibility index (Phi) is 7.24. The SMILES string of the molecule is COc1cc(NC2CC(CO)NN2)nc(NC2C[C@H]3CCC[C@@H](C2)N3Cc2ccnc(C#N)c2)n1. The number of nitriles is 1. The number of nitrogens with one attached hydrogen (secondary N) is 4. The maximum atomic E-state index is 9.35. The number of aliphatic hydroxyl groups is 1. The van der Waals surface area contributed by atoms with Gasteiger partial charge in [0.2, 0.25) is 11.8 Å². The summed E-state index contributed by atoms with van der Waals surface area (Å²) in [6, 6.07) is 9.08. The Morgan fingerprint density at radius 1 is 1.17 bits per heavy atom. The molecule has 5 rings (SSSR count). The predicted molar refractivity (Wildman–Crippen MR) is 130 cm³/mol. The molecular weight excluding hydrogens is 446 g/mol. The minimum atomic E-state index is -0.0445. The van der Waals surface area contributed by atoms with Gasteiger partial charge in [0.05, 0.1) is 19.9 Å². The third-order valence-corrected chi connectivity index (χ3v) is 7.20. The minimum Gasteiger partial charge on any atom is -0.481 e. The van der Waals surface area contributed by atoms with E-state index in [2.05, 4.69) is 42.4 Å². The van der Waals surface area contributed by atoms with Gasteiger partial charge in [-0.3, -0.25) is 10.3 Å². The van der Waals surface area contributed by atoms with Crippen LogP contribution < -0.4 is 26.2 Å². The molecule has 3 saturated heterocycles. The second kappa shape index (κ2) is 10.7. The normalized spacial score (nSPS) is 28.3. The molecular formula is C24H33N9O2. The van der Waals surface area contributed by atoms with Gasteiger partial charge >= 0.3 is 0 Å². The average Bonchev–Trinajstić information content (AvgIpc) is 3.32. The quantitative estimate of drug-likeness (QED) is 0.374. The number of piperidine rings is 2. The molecule has 5 atom stereocenters. The molecule has 0 aromatic carbocycles. The number of rotatable bonds is 8. The number of hydrogen-bond acceptors (Lipinski definition) is 11. The van der Waals surface area contributed by atoms with Gasteiger partial charge < -0.3 is 20.5 Å². The van der Waals surface area contributed by atoms with Crippen molar-refractivity contribution in [2.24, 2.45) is 0 Å². The highest BCUT2D eigenvalue weighted by molar-refractivity contribution is 5.45. The Labute approximate surface area is 205 Å². The van der Waals surface area contributed by atoms with Crippen molar-refractivity contribution in [3.63, 3.8) is 0 Å². The predicted octanol–water partition coefficient (Wildman–Crippen LogP) is 1.35. The van der Waals surface area contributed by atoms with Gasteiger partial charge in [-0.05, 0) is 43.4 Å². The van der Waals surface area contributed by atoms with E-state index in [9.17, 15) is 10.4 Å². The smallest absolute Gasteiger partial charge is 0.228 e. The molecule has 35 heavy (non-hydrogen) atoms. The number of anilines is 2. The second-order valence-electron chi connectivity index (χ2n) is 9.60. The lowest BCUT2D eigenvalue weighted by Crippen LogP contribution is -2.54. The second-order valence-corrected chi connectivity index (χ2v) is 9.60. The van der Waals surface area contributed by atoms with E-state index in [0.29, 0.717) is 35.4 Å². The zero-order valence-corrected chi connectivity index (χ0v) is 19.9. The fourth-order valence-corrected chi connectivity index (χ4v) is 5.56. The summed E-state index contributed by atoms with van der Waals surface area (Å²) >= 11 is 0. The van der Waals surface area contributed by atoms with E-state index >= 15 is 0 Å². The number of aliphatic hydroxyl groups excluding tert-OH is 1. The molecule has 11 heteroatoms. The average molecular weight is 480 g/mol. The van der Waals surface area contributed by atoms with Crippen LogP contribution in [0.4, 0.5) is 11.8 Å². The number of aromatic nitrogens is 3. The fraction of sp³-hybridized carbons (Fsp3) is 0.583. The number of pyridine rings is 1. The summed E-state index contributed by atoms with van der Waals surface area (Å²) in [6.45, 7) is 0.924. The van der Waals surface area contributed by atoms with Crippen LogP contribution in [0.5, 0.6) is 5.88 Å². The number of hydrazine groups is 1. The molecule has 2 aromatic heterocycles. The van der Waals surface area contributed by atoms with Gasteiger partial charge in [0.15, 0.2) is 0 Å². The molecule has 0 saturated carbocycles. The van der Waals surface area contributed by atoms with Crippen LogP contribution in [0.2, 0.25) is 0 Å². The lowest BCUT2D eigenvalue weighted by atomic mass is 9.81. The summed E-state index contributed by atoms with van der Waals surface area (Å²) < 4.78 is 5.42. The van der Waals surface area contributed by atoms with E-state index < -0.39 is 0 Å². The van der Waals surface area contributed by atoms with Crippen molar-refractivity contribution in [2.75, 3.05) is 24.4 Å². The van der Waals surface area contributed by atoms with Crippen LogP contribution in [0, 0.1) is 11.3 Å². The maximum Gasteiger partial charge on any atom is 0.228 e. The molecule has 0 aliphatic carbocycles. The standard InChI is InChI=1S/C24H33N9O2/c1-35-23-11-21(28-22-10-18(14-34)31-32-22)29-24(30-23)27-16-8-19-3-2-4-20(9-16)33(19)13-15-5-6-26-17(7-15)12-25/h5-7,11,16,18-20,22,31-32,34H,2-4,8-10,13-14H2,1H3,(H2,27,28,29,30)/t16?,18?,19-,20+,22?. The first-order valence-electron chi connectivity index (χ1n) is 12.3. The highest BCUT2D eigenvalue weighted by Gasteiger charge is 2.38. The maximum absolute atomic E-state index is 9.35. The van der Waals surface area contributed by atoms with Crippen molar-refractivity contribution in [3.8, 4) is 11.9 Å². The van der Waals surface area contributed by atoms with Gasteiger partial charge in [0.1, 0.15) is 17.6 Å². The number of nitrogens with zero attached hydrogens (tertiary/aromatic N) is 5. The number of methoxy groups -OCH3 is 1. The van der Waals surface area contributed by atoms with E-state index in [4.69, 9.17) is 9.72 Å². The molecule has 0 spiro atoms. The lowest BCUT2D eigenvalue weighted by Gasteiger charge is -2.49. The van der Waals surface area contributed by atoms with Crippen LogP contribution >= 0.6 is 0 Å². The van der Waals surface area contributed by atoms with Gasteiger partial charge in [0, 0.05) is 49.4 Å². The van der Waals surface area contributed by atoms with Crippen LogP contribution in [0.3, 0.4) is 0 Å². The van der Waals surface area contributed by atoms with Crippen molar-refractivity contribution in [1.29, 1.82) is 5.26 Å². The summed E-state index contributed by atoms with van der Waals surface area (Å²) in [7, 11) is 1.60. The first kappa shape index (κ1) is 23.7. The Morgan fingerprint density at radius 3 is 2.71 bits per heavy atom. The molecule has 2 aromatic rings. The van der Waals surface area contributed by atoms with Crippen molar-refractivity contribution >= 4 is 11.8 Å². The van der Waals surface area contributed by atoms with Gasteiger partial charge in [-0.25, -0.2) is 10.4 Å². The number of ether oxygens (including phenoxy) is 1. The van der Waals surface area contributed by atoms with Crippen molar-refractivity contribution in [1.82, 2.24) is 30.7 Å². The third kappa shape index (κ3) is 5.62. The zero-order valence-electron chi connectivity index (χ0n) is 19.9. The van der Waals surface area contributed by atoms with E-state index in [0.717, 1.165) is 31.4 Å². The van der Waals surface area contributed by atoms with Gasteiger partial charge in [-0.15, -0.1) is 0 Å². The molecule has 186 valence electrons. The molecule has 2 bridgehead atoms. The molecule has 3 aliphatic heterocycles. The molecule has 0 amide bonds.